The molecule has 1 saturated heterocycles. The van der Waals surface area contributed by atoms with Gasteiger partial charge < -0.3 is 9.88 Å². The number of nitrogens with one attached hydrogen (secondary N) is 1. The second kappa shape index (κ2) is 8.35. The first-order chi connectivity index (χ1) is 14.4. The topological polar surface area (TPSA) is 89.5 Å². The number of nitro benzene ring substituents is 1. The number of amidine groups is 1. The first-order valence-electron chi connectivity index (χ1n) is 8.58. The van der Waals surface area contributed by atoms with Gasteiger partial charge in [0.25, 0.3) is 11.6 Å². The lowest BCUT2D eigenvalue weighted by molar-refractivity contribution is -0.384. The normalized spacial score (nSPS) is 16.3. The van der Waals surface area contributed by atoms with Crippen molar-refractivity contribution in [3.05, 3.63) is 91.6 Å². The van der Waals surface area contributed by atoms with E-state index in [4.69, 9.17) is 23.2 Å². The molecule has 2 aromatic carbocycles. The summed E-state index contributed by atoms with van der Waals surface area (Å²) in [6.07, 6.45) is 3.54. The van der Waals surface area contributed by atoms with Crippen LogP contribution in [0.1, 0.15) is 5.69 Å². The van der Waals surface area contributed by atoms with E-state index in [2.05, 4.69) is 10.3 Å². The number of non-ortho nitro benzene ring substituents is 1. The van der Waals surface area contributed by atoms with E-state index in [0.717, 1.165) is 11.4 Å². The van der Waals surface area contributed by atoms with Crippen LogP contribution >= 0.6 is 35.0 Å². The number of hydrogen-bond donors (Lipinski definition) is 1. The summed E-state index contributed by atoms with van der Waals surface area (Å²) in [5.74, 6) is -0.284. The number of aliphatic imine (C=N–C) groups is 1. The molecule has 1 aliphatic heterocycles. The molecule has 150 valence electrons. The van der Waals surface area contributed by atoms with Gasteiger partial charge in [-0.1, -0.05) is 29.3 Å². The van der Waals surface area contributed by atoms with E-state index in [1.165, 1.54) is 23.9 Å². The molecule has 2 heterocycles. The van der Waals surface area contributed by atoms with E-state index in [9.17, 15) is 14.9 Å². The smallest absolute Gasteiger partial charge is 0.269 e. The summed E-state index contributed by atoms with van der Waals surface area (Å²) in [4.78, 5) is 27.6. The Bertz CT molecular complexity index is 1220. The second-order valence-corrected chi connectivity index (χ2v) is 7.95. The molecule has 1 fully saturated rings. The Morgan fingerprint density at radius 1 is 1.10 bits per heavy atom. The summed E-state index contributed by atoms with van der Waals surface area (Å²) >= 11 is 13.3. The van der Waals surface area contributed by atoms with Crippen LogP contribution in [0.15, 0.2) is 70.7 Å². The molecule has 0 atom stereocenters. The number of benzene rings is 2. The molecule has 1 amide bonds. The van der Waals surface area contributed by atoms with Crippen LogP contribution in [0.25, 0.3) is 11.8 Å². The molecule has 1 N–H and O–H groups in total. The predicted octanol–water partition coefficient (Wildman–Crippen LogP) is 5.58. The molecule has 1 aromatic heterocycles. The molecule has 0 saturated carbocycles. The van der Waals surface area contributed by atoms with Gasteiger partial charge in [0.15, 0.2) is 5.17 Å². The van der Waals surface area contributed by atoms with Gasteiger partial charge in [-0.2, -0.15) is 0 Å². The molecule has 0 spiro atoms. The number of carbonyl (C=O) groups excluding carboxylic acids is 1. The van der Waals surface area contributed by atoms with Crippen molar-refractivity contribution in [3.8, 4) is 5.69 Å². The number of halogens is 2. The summed E-state index contributed by atoms with van der Waals surface area (Å²) in [6.45, 7) is 0. The van der Waals surface area contributed by atoms with Gasteiger partial charge >= 0.3 is 0 Å². The molecule has 0 aliphatic carbocycles. The van der Waals surface area contributed by atoms with E-state index in [-0.39, 0.29) is 11.6 Å². The van der Waals surface area contributed by atoms with E-state index < -0.39 is 4.92 Å². The predicted molar refractivity (Wildman–Crippen MR) is 120 cm³/mol. The number of carbonyl (C=O) groups is 1. The lowest BCUT2D eigenvalue weighted by atomic mass is 10.2. The van der Waals surface area contributed by atoms with E-state index in [0.29, 0.717) is 25.8 Å². The van der Waals surface area contributed by atoms with Gasteiger partial charge in [-0.05, 0) is 54.2 Å². The minimum absolute atomic E-state index is 0.0112. The number of aromatic nitrogens is 1. The van der Waals surface area contributed by atoms with E-state index in [1.54, 1.807) is 36.4 Å². The molecule has 0 unspecified atom stereocenters. The highest BCUT2D eigenvalue weighted by atomic mass is 35.5. The second-order valence-electron chi connectivity index (χ2n) is 6.13. The standard InChI is InChI=1S/C20H12Cl2N4O3S/c21-15-4-1-5-16(18(15)22)23-20-24-19(27)17(30-20)11-14-3-2-10-25(14)12-6-8-13(9-7-12)26(28)29/h1-11H,(H,23,24,27)/b17-11+. The lowest BCUT2D eigenvalue weighted by Crippen LogP contribution is -2.19. The fourth-order valence-corrected chi connectivity index (χ4v) is 3.94. The Labute approximate surface area is 185 Å². The highest BCUT2D eigenvalue weighted by molar-refractivity contribution is 8.18. The quantitative estimate of drug-likeness (QED) is 0.313. The van der Waals surface area contributed by atoms with Crippen molar-refractivity contribution < 1.29 is 9.72 Å². The molecular formula is C20H12Cl2N4O3S. The van der Waals surface area contributed by atoms with Crippen LogP contribution < -0.4 is 5.32 Å². The van der Waals surface area contributed by atoms with Crippen LogP contribution in [-0.2, 0) is 4.79 Å². The fourth-order valence-electron chi connectivity index (χ4n) is 2.78. The van der Waals surface area contributed by atoms with Crippen LogP contribution in [-0.4, -0.2) is 20.6 Å². The number of nitro groups is 1. The number of thioether (sulfide) groups is 1. The van der Waals surface area contributed by atoms with Gasteiger partial charge in [0.1, 0.15) is 0 Å². The summed E-state index contributed by atoms with van der Waals surface area (Å²) in [7, 11) is 0. The van der Waals surface area contributed by atoms with Crippen molar-refractivity contribution in [2.75, 3.05) is 0 Å². The fraction of sp³-hybridized carbons (Fsp3) is 0. The monoisotopic (exact) mass is 458 g/mol. The molecule has 10 heteroatoms. The third-order valence-electron chi connectivity index (χ3n) is 4.20. The number of rotatable bonds is 4. The average Bonchev–Trinajstić information content (AvgIpc) is 3.32. The van der Waals surface area contributed by atoms with Crippen LogP contribution in [0.5, 0.6) is 0 Å². The Balaban J connectivity index is 1.61. The molecule has 30 heavy (non-hydrogen) atoms. The Morgan fingerprint density at radius 2 is 1.87 bits per heavy atom. The maximum absolute atomic E-state index is 12.4. The van der Waals surface area contributed by atoms with Crippen molar-refractivity contribution in [1.29, 1.82) is 0 Å². The van der Waals surface area contributed by atoms with Gasteiger partial charge in [-0.25, -0.2) is 4.99 Å². The third-order valence-corrected chi connectivity index (χ3v) is 5.92. The van der Waals surface area contributed by atoms with E-state index in [1.807, 2.05) is 22.9 Å². The first kappa shape index (κ1) is 20.2. The van der Waals surface area contributed by atoms with Crippen molar-refractivity contribution >= 4 is 63.5 Å². The molecule has 4 rings (SSSR count). The zero-order valence-corrected chi connectivity index (χ0v) is 17.4. The van der Waals surface area contributed by atoms with Gasteiger partial charge in [0.2, 0.25) is 0 Å². The molecule has 7 nitrogen and oxygen atoms in total. The first-order valence-corrected chi connectivity index (χ1v) is 10.2. The summed E-state index contributed by atoms with van der Waals surface area (Å²) in [5.41, 5.74) is 1.95. The SMILES string of the molecule is O=C1NC(=Nc2cccc(Cl)c2Cl)S/C1=C/c1cccn1-c1ccc([N+](=O)[O-])cc1. The van der Waals surface area contributed by atoms with Crippen molar-refractivity contribution in [2.24, 2.45) is 4.99 Å². The Hall–Kier alpha value is -3.07. The molecule has 3 aromatic rings. The minimum Gasteiger partial charge on any atom is -0.317 e. The van der Waals surface area contributed by atoms with Crippen molar-refractivity contribution in [3.63, 3.8) is 0 Å². The van der Waals surface area contributed by atoms with E-state index >= 15 is 0 Å². The number of amides is 1. The Morgan fingerprint density at radius 3 is 2.60 bits per heavy atom. The van der Waals surface area contributed by atoms with Gasteiger partial charge in [-0.15, -0.1) is 0 Å². The van der Waals surface area contributed by atoms with Crippen LogP contribution in [0.4, 0.5) is 11.4 Å². The maximum atomic E-state index is 12.4. The summed E-state index contributed by atoms with van der Waals surface area (Å²) in [6, 6.07) is 14.9. The zero-order valence-electron chi connectivity index (χ0n) is 15.1. The summed E-state index contributed by atoms with van der Waals surface area (Å²) < 4.78 is 1.83. The molecule has 1 aliphatic rings. The van der Waals surface area contributed by atoms with Gasteiger partial charge in [-0.3, -0.25) is 14.9 Å². The van der Waals surface area contributed by atoms with Crippen molar-refractivity contribution in [1.82, 2.24) is 9.88 Å². The maximum Gasteiger partial charge on any atom is 0.269 e. The van der Waals surface area contributed by atoms with Crippen LogP contribution in [0.2, 0.25) is 10.0 Å². The Kier molecular flexibility index (Phi) is 5.63. The molecule has 0 radical (unpaired) electrons. The highest BCUT2D eigenvalue weighted by Gasteiger charge is 2.24. The van der Waals surface area contributed by atoms with Crippen molar-refractivity contribution in [2.45, 2.75) is 0 Å². The average molecular weight is 459 g/mol. The van der Waals surface area contributed by atoms with Crippen LogP contribution in [0, 0.1) is 10.1 Å². The van der Waals surface area contributed by atoms with Crippen LogP contribution in [0.3, 0.4) is 0 Å². The lowest BCUT2D eigenvalue weighted by Gasteiger charge is -2.06. The zero-order chi connectivity index (χ0) is 21.3. The summed E-state index contributed by atoms with van der Waals surface area (Å²) in [5, 5.41) is 14.6. The number of hydrogen-bond acceptors (Lipinski definition) is 5. The highest BCUT2D eigenvalue weighted by Crippen LogP contribution is 2.34. The van der Waals surface area contributed by atoms with Gasteiger partial charge in [0.05, 0.1) is 25.6 Å². The minimum atomic E-state index is -0.450. The third kappa shape index (κ3) is 4.11. The molecule has 0 bridgehead atoms. The van der Waals surface area contributed by atoms with Gasteiger partial charge in [0, 0.05) is 29.7 Å². The number of nitrogens with zero attached hydrogens (tertiary/aromatic N) is 3. The molecular weight excluding hydrogens is 447 g/mol. The largest absolute Gasteiger partial charge is 0.317 e.